The van der Waals surface area contributed by atoms with Crippen LogP contribution in [0.2, 0.25) is 0 Å². The molecule has 0 bridgehead atoms. The zero-order valence-electron chi connectivity index (χ0n) is 6.23. The predicted molar refractivity (Wildman–Crippen MR) is 45.3 cm³/mol. The fourth-order valence-corrected chi connectivity index (χ4v) is 2.76. The third kappa shape index (κ3) is 1.48. The molecular formula is C6H6N2O2S2. The number of thiophene rings is 1. The smallest absolute Gasteiger partial charge is 0.213 e. The summed E-state index contributed by atoms with van der Waals surface area (Å²) < 4.78 is 24.6. The van der Waals surface area contributed by atoms with Crippen LogP contribution in [0, 0.1) is 11.3 Å². The average molecular weight is 202 g/mol. The summed E-state index contributed by atoms with van der Waals surface area (Å²) in [6.45, 7) is 0. The van der Waals surface area contributed by atoms with E-state index in [2.05, 4.69) is 4.72 Å². The van der Waals surface area contributed by atoms with Gasteiger partial charge in [0.1, 0.15) is 6.07 Å². The van der Waals surface area contributed by atoms with Gasteiger partial charge in [0.15, 0.2) is 4.21 Å². The highest BCUT2D eigenvalue weighted by molar-refractivity contribution is 7.91. The topological polar surface area (TPSA) is 70.0 Å². The minimum atomic E-state index is -3.45. The van der Waals surface area contributed by atoms with Crippen molar-refractivity contribution in [2.75, 3.05) is 7.05 Å². The molecule has 1 rings (SSSR count). The van der Waals surface area contributed by atoms with Gasteiger partial charge in [-0.15, -0.1) is 11.3 Å². The second-order valence-corrected chi connectivity index (χ2v) is 4.94. The van der Waals surface area contributed by atoms with E-state index >= 15 is 0 Å². The largest absolute Gasteiger partial charge is 0.251 e. The molecule has 4 nitrogen and oxygen atoms in total. The van der Waals surface area contributed by atoms with Gasteiger partial charge in [-0.05, 0) is 18.5 Å². The minimum absolute atomic E-state index is 0.0764. The SMILES string of the molecule is CNS(=O)(=O)c1sccc1C#N. The van der Waals surface area contributed by atoms with Crippen molar-refractivity contribution < 1.29 is 8.42 Å². The molecule has 6 heteroatoms. The Labute approximate surface area is 74.5 Å². The Balaban J connectivity index is 3.31. The first-order valence-electron chi connectivity index (χ1n) is 3.03. The highest BCUT2D eigenvalue weighted by atomic mass is 32.2. The van der Waals surface area contributed by atoms with E-state index in [1.54, 1.807) is 5.38 Å². The number of rotatable bonds is 2. The highest BCUT2D eigenvalue weighted by Gasteiger charge is 2.17. The zero-order chi connectivity index (χ0) is 9.19. The summed E-state index contributed by atoms with van der Waals surface area (Å²) in [5.41, 5.74) is 0.189. The molecule has 0 fully saturated rings. The van der Waals surface area contributed by atoms with E-state index < -0.39 is 10.0 Å². The van der Waals surface area contributed by atoms with E-state index in [0.29, 0.717) is 0 Å². The van der Waals surface area contributed by atoms with Crippen LogP contribution in [0.3, 0.4) is 0 Å². The van der Waals surface area contributed by atoms with Crippen molar-refractivity contribution in [3.63, 3.8) is 0 Å². The number of nitrogens with zero attached hydrogens (tertiary/aromatic N) is 1. The molecule has 0 saturated heterocycles. The van der Waals surface area contributed by atoms with Crippen LogP contribution in [0.1, 0.15) is 5.56 Å². The second kappa shape index (κ2) is 3.23. The molecular weight excluding hydrogens is 196 g/mol. The van der Waals surface area contributed by atoms with Gasteiger partial charge in [-0.2, -0.15) is 5.26 Å². The Morgan fingerprint density at radius 3 is 2.83 bits per heavy atom. The Morgan fingerprint density at radius 2 is 2.33 bits per heavy atom. The monoisotopic (exact) mass is 202 g/mol. The lowest BCUT2D eigenvalue weighted by Crippen LogP contribution is -2.18. The van der Waals surface area contributed by atoms with Gasteiger partial charge in [0, 0.05) is 0 Å². The minimum Gasteiger partial charge on any atom is -0.213 e. The lowest BCUT2D eigenvalue weighted by molar-refractivity contribution is 0.590. The van der Waals surface area contributed by atoms with Crippen molar-refractivity contribution >= 4 is 21.4 Å². The van der Waals surface area contributed by atoms with Crippen LogP contribution in [-0.2, 0) is 10.0 Å². The predicted octanol–water partition coefficient (Wildman–Crippen LogP) is 0.528. The molecule has 0 spiro atoms. The summed E-state index contributed by atoms with van der Waals surface area (Å²) in [4.78, 5) is 0. The third-order valence-electron chi connectivity index (χ3n) is 1.26. The first-order chi connectivity index (χ1) is 5.61. The number of hydrogen-bond donors (Lipinski definition) is 1. The van der Waals surface area contributed by atoms with Gasteiger partial charge in [0.05, 0.1) is 5.56 Å². The van der Waals surface area contributed by atoms with E-state index in [-0.39, 0.29) is 9.77 Å². The summed E-state index contributed by atoms with van der Waals surface area (Å²) >= 11 is 1.03. The molecule has 1 aromatic rings. The molecule has 64 valence electrons. The molecule has 0 aliphatic carbocycles. The lowest BCUT2D eigenvalue weighted by Gasteiger charge is -1.97. The number of sulfonamides is 1. The van der Waals surface area contributed by atoms with Gasteiger partial charge in [-0.25, -0.2) is 13.1 Å². The molecule has 12 heavy (non-hydrogen) atoms. The highest BCUT2D eigenvalue weighted by Crippen LogP contribution is 2.20. The quantitative estimate of drug-likeness (QED) is 0.760. The number of hydrogen-bond acceptors (Lipinski definition) is 4. The molecule has 0 saturated carbocycles. The zero-order valence-corrected chi connectivity index (χ0v) is 7.87. The number of nitriles is 1. The van der Waals surface area contributed by atoms with Crippen LogP contribution in [0.25, 0.3) is 0 Å². The molecule has 0 atom stereocenters. The van der Waals surface area contributed by atoms with E-state index in [9.17, 15) is 8.42 Å². The van der Waals surface area contributed by atoms with Crippen molar-refractivity contribution in [2.45, 2.75) is 4.21 Å². The number of nitrogens with one attached hydrogen (secondary N) is 1. The van der Waals surface area contributed by atoms with Gasteiger partial charge in [0.2, 0.25) is 0 Å². The molecule has 0 aliphatic heterocycles. The Bertz CT molecular complexity index is 413. The van der Waals surface area contributed by atoms with Gasteiger partial charge in [-0.3, -0.25) is 0 Å². The summed E-state index contributed by atoms with van der Waals surface area (Å²) in [6, 6.07) is 3.29. The summed E-state index contributed by atoms with van der Waals surface area (Å²) in [7, 11) is -2.14. The standard InChI is InChI=1S/C6H6N2O2S2/c1-8-12(9,10)6-5(4-7)2-3-11-6/h2-3,8H,1H3. The van der Waals surface area contributed by atoms with E-state index in [4.69, 9.17) is 5.26 Å². The third-order valence-corrected chi connectivity index (χ3v) is 4.16. The molecule has 0 aromatic carbocycles. The van der Waals surface area contributed by atoms with Crippen LogP contribution in [0.15, 0.2) is 15.7 Å². The van der Waals surface area contributed by atoms with Crippen LogP contribution >= 0.6 is 11.3 Å². The fraction of sp³-hybridized carbons (Fsp3) is 0.167. The summed E-state index contributed by atoms with van der Waals surface area (Å²) in [5.74, 6) is 0. The molecule has 1 heterocycles. The van der Waals surface area contributed by atoms with Crippen molar-refractivity contribution in [1.29, 1.82) is 5.26 Å². The maximum absolute atomic E-state index is 11.2. The Hall–Kier alpha value is -0.900. The lowest BCUT2D eigenvalue weighted by atomic mass is 10.4. The maximum Gasteiger partial charge on any atom is 0.251 e. The molecule has 0 radical (unpaired) electrons. The first-order valence-corrected chi connectivity index (χ1v) is 5.39. The molecule has 1 N–H and O–H groups in total. The van der Waals surface area contributed by atoms with Crippen LogP contribution in [0.5, 0.6) is 0 Å². The van der Waals surface area contributed by atoms with Crippen LogP contribution in [0.4, 0.5) is 0 Å². The summed E-state index contributed by atoms with van der Waals surface area (Å²) in [6.07, 6.45) is 0. The first kappa shape index (κ1) is 9.19. The Morgan fingerprint density at radius 1 is 1.67 bits per heavy atom. The van der Waals surface area contributed by atoms with Gasteiger partial charge in [-0.1, -0.05) is 0 Å². The molecule has 0 unspecified atom stereocenters. The fourth-order valence-electron chi connectivity index (χ4n) is 0.679. The van der Waals surface area contributed by atoms with E-state index in [1.165, 1.54) is 13.1 Å². The van der Waals surface area contributed by atoms with Crippen molar-refractivity contribution in [3.05, 3.63) is 17.0 Å². The molecule has 1 aromatic heterocycles. The van der Waals surface area contributed by atoms with Gasteiger partial charge >= 0.3 is 0 Å². The van der Waals surface area contributed by atoms with E-state index in [0.717, 1.165) is 11.3 Å². The summed E-state index contributed by atoms with van der Waals surface area (Å²) in [5, 5.41) is 10.1. The van der Waals surface area contributed by atoms with E-state index in [1.807, 2.05) is 6.07 Å². The Kier molecular flexibility index (Phi) is 2.47. The van der Waals surface area contributed by atoms with Crippen molar-refractivity contribution in [3.8, 4) is 6.07 Å². The van der Waals surface area contributed by atoms with Crippen molar-refractivity contribution in [1.82, 2.24) is 4.72 Å². The van der Waals surface area contributed by atoms with Crippen molar-refractivity contribution in [2.24, 2.45) is 0 Å². The van der Waals surface area contributed by atoms with Crippen LogP contribution in [-0.4, -0.2) is 15.5 Å². The van der Waals surface area contributed by atoms with Crippen LogP contribution < -0.4 is 4.72 Å². The van der Waals surface area contributed by atoms with Gasteiger partial charge in [0.25, 0.3) is 10.0 Å². The molecule has 0 amide bonds. The second-order valence-electron chi connectivity index (χ2n) is 1.94. The molecule has 0 aliphatic rings. The average Bonchev–Trinajstić information content (AvgIpc) is 2.52. The normalized spacial score (nSPS) is 11.0. The maximum atomic E-state index is 11.2. The van der Waals surface area contributed by atoms with Gasteiger partial charge < -0.3 is 0 Å².